The van der Waals surface area contributed by atoms with Gasteiger partial charge in [-0.3, -0.25) is 0 Å². The number of benzene rings is 2. The lowest BCUT2D eigenvalue weighted by Crippen LogP contribution is -2.58. The Labute approximate surface area is 188 Å². The molecule has 30 heavy (non-hydrogen) atoms. The summed E-state index contributed by atoms with van der Waals surface area (Å²) in [6.45, 7) is 2.00. The number of hydrogen-bond donors (Lipinski definition) is 1. The number of rotatable bonds is 6. The molecule has 2 fully saturated rings. The number of nitrogens with zero attached hydrogens (tertiary/aromatic N) is 1. The molecule has 0 aromatic heterocycles. The van der Waals surface area contributed by atoms with E-state index in [9.17, 15) is 4.79 Å². The molecule has 1 saturated heterocycles. The first-order valence-corrected chi connectivity index (χ1v) is 11.5. The number of halogens is 2. The van der Waals surface area contributed by atoms with Crippen LogP contribution >= 0.6 is 23.2 Å². The highest BCUT2D eigenvalue weighted by Gasteiger charge is 2.34. The standard InChI is InChI=1S/C24H28Cl2N2O2/c25-20-10-6-18(7-11-20)23(19-8-12-21(26)13-9-19)30-22-15-28(16-22)24(29)27-14-17-4-2-1-3-5-17/h6-13,17,22-23H,1-5,14-16H2,(H,27,29). The van der Waals surface area contributed by atoms with Gasteiger partial charge in [0.05, 0.1) is 19.2 Å². The summed E-state index contributed by atoms with van der Waals surface area (Å²) >= 11 is 12.1. The topological polar surface area (TPSA) is 41.6 Å². The van der Waals surface area contributed by atoms with Gasteiger partial charge in [0.15, 0.2) is 0 Å². The van der Waals surface area contributed by atoms with Crippen LogP contribution in [-0.4, -0.2) is 36.7 Å². The zero-order valence-electron chi connectivity index (χ0n) is 17.0. The van der Waals surface area contributed by atoms with Gasteiger partial charge in [0, 0.05) is 16.6 Å². The Morgan fingerprint density at radius 1 is 0.933 bits per heavy atom. The van der Waals surface area contributed by atoms with Gasteiger partial charge in [-0.2, -0.15) is 0 Å². The van der Waals surface area contributed by atoms with Crippen LogP contribution in [0.25, 0.3) is 0 Å². The Kier molecular flexibility index (Phi) is 7.19. The van der Waals surface area contributed by atoms with Gasteiger partial charge in [0.25, 0.3) is 0 Å². The molecule has 4 rings (SSSR count). The van der Waals surface area contributed by atoms with E-state index in [1.807, 2.05) is 53.4 Å². The number of nitrogens with one attached hydrogen (secondary N) is 1. The fraction of sp³-hybridized carbons (Fsp3) is 0.458. The van der Waals surface area contributed by atoms with Crippen LogP contribution < -0.4 is 5.32 Å². The molecule has 6 heteroatoms. The maximum atomic E-state index is 12.4. The number of likely N-dealkylation sites (tertiary alicyclic amines) is 1. The molecule has 4 nitrogen and oxygen atoms in total. The molecule has 160 valence electrons. The minimum Gasteiger partial charge on any atom is -0.362 e. The molecule has 1 aliphatic carbocycles. The van der Waals surface area contributed by atoms with E-state index in [2.05, 4.69) is 5.32 Å². The normalized spacial score (nSPS) is 17.8. The summed E-state index contributed by atoms with van der Waals surface area (Å²) in [5.74, 6) is 0.634. The molecular formula is C24H28Cl2N2O2. The number of hydrogen-bond acceptors (Lipinski definition) is 2. The monoisotopic (exact) mass is 446 g/mol. The fourth-order valence-corrected chi connectivity index (χ4v) is 4.49. The molecule has 1 N–H and O–H groups in total. The molecule has 0 unspecified atom stereocenters. The highest BCUT2D eigenvalue weighted by atomic mass is 35.5. The molecule has 0 spiro atoms. The predicted octanol–water partition coefficient (Wildman–Crippen LogP) is 6.07. The Bertz CT molecular complexity index is 784. The molecule has 2 aliphatic rings. The molecule has 2 amide bonds. The van der Waals surface area contributed by atoms with Crippen LogP contribution in [-0.2, 0) is 4.74 Å². The maximum absolute atomic E-state index is 12.4. The van der Waals surface area contributed by atoms with Gasteiger partial charge in [0.1, 0.15) is 6.10 Å². The number of carbonyl (C=O) groups is 1. The number of carbonyl (C=O) groups excluding carboxylic acids is 1. The minimum absolute atomic E-state index is 0.00165. The smallest absolute Gasteiger partial charge is 0.317 e. The van der Waals surface area contributed by atoms with Crippen molar-refractivity contribution < 1.29 is 9.53 Å². The summed E-state index contributed by atoms with van der Waals surface area (Å²) < 4.78 is 6.41. The third-order valence-corrected chi connectivity index (χ3v) is 6.58. The molecule has 1 heterocycles. The summed E-state index contributed by atoms with van der Waals surface area (Å²) in [5, 5.41) is 4.49. The van der Waals surface area contributed by atoms with Crippen molar-refractivity contribution in [3.05, 3.63) is 69.7 Å². The van der Waals surface area contributed by atoms with Crippen molar-refractivity contribution in [2.24, 2.45) is 5.92 Å². The van der Waals surface area contributed by atoms with Gasteiger partial charge in [-0.1, -0.05) is 66.7 Å². The predicted molar refractivity (Wildman–Crippen MR) is 121 cm³/mol. The fourth-order valence-electron chi connectivity index (χ4n) is 4.24. The molecular weight excluding hydrogens is 419 g/mol. The van der Waals surface area contributed by atoms with E-state index >= 15 is 0 Å². The summed E-state index contributed by atoms with van der Waals surface area (Å²) in [6, 6.07) is 15.4. The Morgan fingerprint density at radius 3 is 2.00 bits per heavy atom. The zero-order chi connectivity index (χ0) is 20.9. The van der Waals surface area contributed by atoms with Crippen LogP contribution in [0.2, 0.25) is 10.0 Å². The van der Waals surface area contributed by atoms with Crippen molar-refractivity contribution in [1.29, 1.82) is 0 Å². The van der Waals surface area contributed by atoms with E-state index in [1.165, 1.54) is 32.1 Å². The van der Waals surface area contributed by atoms with Crippen molar-refractivity contribution >= 4 is 29.2 Å². The van der Waals surface area contributed by atoms with Gasteiger partial charge < -0.3 is 15.0 Å². The van der Waals surface area contributed by atoms with Crippen LogP contribution in [0.15, 0.2) is 48.5 Å². The van der Waals surface area contributed by atoms with Crippen molar-refractivity contribution in [2.45, 2.75) is 44.3 Å². The second-order valence-corrected chi connectivity index (χ2v) is 9.21. The first kappa shape index (κ1) is 21.5. The van der Waals surface area contributed by atoms with Crippen LogP contribution in [0.4, 0.5) is 4.79 Å². The lowest BCUT2D eigenvalue weighted by Gasteiger charge is -2.41. The van der Waals surface area contributed by atoms with Crippen molar-refractivity contribution in [2.75, 3.05) is 19.6 Å². The zero-order valence-corrected chi connectivity index (χ0v) is 18.5. The van der Waals surface area contributed by atoms with Gasteiger partial charge in [-0.05, 0) is 54.2 Å². The third kappa shape index (κ3) is 5.48. The molecule has 0 radical (unpaired) electrons. The average Bonchev–Trinajstić information content (AvgIpc) is 2.74. The second kappa shape index (κ2) is 10.0. The summed E-state index contributed by atoms with van der Waals surface area (Å²) in [7, 11) is 0. The Balaban J connectivity index is 1.33. The molecule has 0 bridgehead atoms. The maximum Gasteiger partial charge on any atom is 0.317 e. The van der Waals surface area contributed by atoms with Crippen LogP contribution in [0.1, 0.15) is 49.3 Å². The SMILES string of the molecule is O=C(NCC1CCCCC1)N1CC(OC(c2ccc(Cl)cc2)c2ccc(Cl)cc2)C1. The van der Waals surface area contributed by atoms with Crippen LogP contribution in [0, 0.1) is 5.92 Å². The van der Waals surface area contributed by atoms with Gasteiger partial charge >= 0.3 is 6.03 Å². The lowest BCUT2D eigenvalue weighted by atomic mass is 9.89. The van der Waals surface area contributed by atoms with Gasteiger partial charge in [-0.25, -0.2) is 4.79 Å². The van der Waals surface area contributed by atoms with E-state index in [4.69, 9.17) is 27.9 Å². The first-order valence-electron chi connectivity index (χ1n) is 10.8. The highest BCUT2D eigenvalue weighted by Crippen LogP contribution is 2.31. The highest BCUT2D eigenvalue weighted by molar-refractivity contribution is 6.30. The summed E-state index contributed by atoms with van der Waals surface area (Å²) in [5.41, 5.74) is 2.06. The molecule has 0 atom stereocenters. The Morgan fingerprint density at radius 2 is 1.47 bits per heavy atom. The van der Waals surface area contributed by atoms with Crippen molar-refractivity contribution in [3.63, 3.8) is 0 Å². The summed E-state index contributed by atoms with van der Waals surface area (Å²) in [6.07, 6.45) is 6.15. The van der Waals surface area contributed by atoms with Crippen molar-refractivity contribution in [1.82, 2.24) is 10.2 Å². The van der Waals surface area contributed by atoms with E-state index in [0.29, 0.717) is 29.1 Å². The molecule has 2 aromatic rings. The van der Waals surface area contributed by atoms with Crippen LogP contribution in [0.5, 0.6) is 0 Å². The van der Waals surface area contributed by atoms with E-state index in [0.717, 1.165) is 17.7 Å². The Hall–Kier alpha value is -1.75. The van der Waals surface area contributed by atoms with E-state index < -0.39 is 0 Å². The number of amides is 2. The molecule has 2 aromatic carbocycles. The quantitative estimate of drug-likeness (QED) is 0.584. The second-order valence-electron chi connectivity index (χ2n) is 8.34. The van der Waals surface area contributed by atoms with Crippen LogP contribution in [0.3, 0.4) is 0 Å². The molecule has 1 saturated carbocycles. The lowest BCUT2D eigenvalue weighted by molar-refractivity contribution is -0.0646. The van der Waals surface area contributed by atoms with Gasteiger partial charge in [0.2, 0.25) is 0 Å². The number of urea groups is 1. The average molecular weight is 447 g/mol. The largest absolute Gasteiger partial charge is 0.362 e. The third-order valence-electron chi connectivity index (χ3n) is 6.08. The molecule has 1 aliphatic heterocycles. The van der Waals surface area contributed by atoms with Crippen molar-refractivity contribution in [3.8, 4) is 0 Å². The number of ether oxygens (including phenoxy) is 1. The minimum atomic E-state index is -0.225. The first-order chi connectivity index (χ1) is 14.6. The van der Waals surface area contributed by atoms with E-state index in [1.54, 1.807) is 0 Å². The van der Waals surface area contributed by atoms with E-state index in [-0.39, 0.29) is 18.2 Å². The van der Waals surface area contributed by atoms with Gasteiger partial charge in [-0.15, -0.1) is 0 Å². The summed E-state index contributed by atoms with van der Waals surface area (Å²) in [4.78, 5) is 14.3.